The van der Waals surface area contributed by atoms with Crippen molar-refractivity contribution in [3.8, 4) is 0 Å². The van der Waals surface area contributed by atoms with E-state index < -0.39 is 0 Å². The van der Waals surface area contributed by atoms with Crippen molar-refractivity contribution in [1.82, 2.24) is 10.2 Å². The Balaban J connectivity index is 1.68. The van der Waals surface area contributed by atoms with Crippen LogP contribution in [-0.2, 0) is 4.74 Å². The average molecular weight is 226 g/mol. The second-order valence-corrected chi connectivity index (χ2v) is 5.50. The van der Waals surface area contributed by atoms with E-state index in [4.69, 9.17) is 4.74 Å². The molecule has 2 fully saturated rings. The summed E-state index contributed by atoms with van der Waals surface area (Å²) in [5.74, 6) is 0.953. The Morgan fingerprint density at radius 1 is 1.12 bits per heavy atom. The molecule has 16 heavy (non-hydrogen) atoms. The van der Waals surface area contributed by atoms with Gasteiger partial charge in [-0.25, -0.2) is 0 Å². The van der Waals surface area contributed by atoms with Gasteiger partial charge < -0.3 is 10.1 Å². The molecule has 0 amide bonds. The molecule has 2 atom stereocenters. The number of nitrogens with one attached hydrogen (secondary N) is 1. The first-order valence-electron chi connectivity index (χ1n) is 6.82. The SMILES string of the molecule is CC1CN(CCC2CCNCC2)CC(C)O1. The fourth-order valence-electron chi connectivity index (χ4n) is 3.00. The third-order valence-corrected chi connectivity index (χ3v) is 3.81. The highest BCUT2D eigenvalue weighted by Gasteiger charge is 2.22. The van der Waals surface area contributed by atoms with Gasteiger partial charge in [-0.2, -0.15) is 0 Å². The van der Waals surface area contributed by atoms with Crippen LogP contribution in [0, 0.1) is 5.92 Å². The molecular weight excluding hydrogens is 200 g/mol. The van der Waals surface area contributed by atoms with Crippen molar-refractivity contribution >= 4 is 0 Å². The zero-order chi connectivity index (χ0) is 11.4. The van der Waals surface area contributed by atoms with Crippen LogP contribution in [0.2, 0.25) is 0 Å². The predicted octanol–water partition coefficient (Wildman–Crippen LogP) is 1.49. The van der Waals surface area contributed by atoms with Gasteiger partial charge >= 0.3 is 0 Å². The Labute approximate surface area is 99.5 Å². The number of ether oxygens (including phenoxy) is 1. The van der Waals surface area contributed by atoms with E-state index >= 15 is 0 Å². The normalized spacial score (nSPS) is 34.1. The molecule has 0 aliphatic carbocycles. The zero-order valence-corrected chi connectivity index (χ0v) is 10.7. The molecule has 94 valence electrons. The topological polar surface area (TPSA) is 24.5 Å². The maximum Gasteiger partial charge on any atom is 0.0678 e. The minimum atomic E-state index is 0.414. The fraction of sp³-hybridized carbons (Fsp3) is 1.00. The lowest BCUT2D eigenvalue weighted by atomic mass is 9.94. The minimum Gasteiger partial charge on any atom is -0.373 e. The summed E-state index contributed by atoms with van der Waals surface area (Å²) in [6.45, 7) is 10.3. The van der Waals surface area contributed by atoms with Gasteiger partial charge in [0.25, 0.3) is 0 Å². The molecule has 2 heterocycles. The van der Waals surface area contributed by atoms with Crippen LogP contribution in [0.4, 0.5) is 0 Å². The number of nitrogens with zero attached hydrogens (tertiary/aromatic N) is 1. The van der Waals surface area contributed by atoms with Gasteiger partial charge in [0, 0.05) is 13.1 Å². The van der Waals surface area contributed by atoms with E-state index in [0.717, 1.165) is 19.0 Å². The minimum absolute atomic E-state index is 0.414. The van der Waals surface area contributed by atoms with Crippen LogP contribution in [0.5, 0.6) is 0 Å². The van der Waals surface area contributed by atoms with Crippen LogP contribution in [0.1, 0.15) is 33.1 Å². The fourth-order valence-corrected chi connectivity index (χ4v) is 3.00. The van der Waals surface area contributed by atoms with Gasteiger partial charge in [-0.15, -0.1) is 0 Å². The molecule has 0 aromatic rings. The first kappa shape index (κ1) is 12.3. The van der Waals surface area contributed by atoms with Crippen LogP contribution < -0.4 is 5.32 Å². The molecule has 0 spiro atoms. The summed E-state index contributed by atoms with van der Waals surface area (Å²) in [6, 6.07) is 0. The molecule has 3 nitrogen and oxygen atoms in total. The Kier molecular flexibility index (Phi) is 4.62. The summed E-state index contributed by atoms with van der Waals surface area (Å²) >= 11 is 0. The highest BCUT2D eigenvalue weighted by molar-refractivity contribution is 4.75. The second kappa shape index (κ2) is 5.99. The van der Waals surface area contributed by atoms with Crippen LogP contribution in [-0.4, -0.2) is 49.8 Å². The van der Waals surface area contributed by atoms with Gasteiger partial charge in [0.2, 0.25) is 0 Å². The molecule has 0 radical (unpaired) electrons. The molecule has 0 aromatic carbocycles. The third-order valence-electron chi connectivity index (χ3n) is 3.81. The summed E-state index contributed by atoms with van der Waals surface area (Å²) in [5.41, 5.74) is 0. The van der Waals surface area contributed by atoms with E-state index in [9.17, 15) is 0 Å². The lowest BCUT2D eigenvalue weighted by Crippen LogP contribution is -2.46. The van der Waals surface area contributed by atoms with E-state index in [-0.39, 0.29) is 0 Å². The molecule has 2 saturated heterocycles. The maximum absolute atomic E-state index is 5.76. The molecule has 3 heteroatoms. The largest absolute Gasteiger partial charge is 0.373 e. The Morgan fingerprint density at radius 2 is 1.75 bits per heavy atom. The first-order chi connectivity index (χ1) is 7.74. The summed E-state index contributed by atoms with van der Waals surface area (Å²) < 4.78 is 5.76. The molecule has 0 bridgehead atoms. The summed E-state index contributed by atoms with van der Waals surface area (Å²) in [6.07, 6.45) is 4.94. The molecule has 2 aliphatic rings. The number of rotatable bonds is 3. The number of piperidine rings is 1. The molecule has 2 unspecified atom stereocenters. The summed E-state index contributed by atoms with van der Waals surface area (Å²) in [5, 5.41) is 3.43. The predicted molar refractivity (Wildman–Crippen MR) is 66.7 cm³/mol. The van der Waals surface area contributed by atoms with E-state index in [1.807, 2.05) is 0 Å². The molecule has 0 saturated carbocycles. The average Bonchev–Trinajstić information content (AvgIpc) is 2.27. The second-order valence-electron chi connectivity index (χ2n) is 5.50. The van der Waals surface area contributed by atoms with Gasteiger partial charge in [-0.1, -0.05) is 0 Å². The Morgan fingerprint density at radius 3 is 2.38 bits per heavy atom. The van der Waals surface area contributed by atoms with Crippen molar-refractivity contribution in [1.29, 1.82) is 0 Å². The van der Waals surface area contributed by atoms with Crippen molar-refractivity contribution < 1.29 is 4.74 Å². The quantitative estimate of drug-likeness (QED) is 0.789. The molecule has 0 aromatic heterocycles. The van der Waals surface area contributed by atoms with Crippen molar-refractivity contribution in [2.45, 2.75) is 45.3 Å². The van der Waals surface area contributed by atoms with Gasteiger partial charge in [0.15, 0.2) is 0 Å². The first-order valence-corrected chi connectivity index (χ1v) is 6.82. The lowest BCUT2D eigenvalue weighted by Gasteiger charge is -2.36. The third kappa shape index (κ3) is 3.72. The van der Waals surface area contributed by atoms with Gasteiger partial charge in [0.05, 0.1) is 12.2 Å². The van der Waals surface area contributed by atoms with Crippen molar-refractivity contribution in [3.63, 3.8) is 0 Å². The molecule has 2 rings (SSSR count). The monoisotopic (exact) mass is 226 g/mol. The molecule has 1 N–H and O–H groups in total. The van der Waals surface area contributed by atoms with Gasteiger partial charge in [0.1, 0.15) is 0 Å². The smallest absolute Gasteiger partial charge is 0.0678 e. The molecule has 2 aliphatic heterocycles. The molecular formula is C13H26N2O. The Hall–Kier alpha value is -0.120. The van der Waals surface area contributed by atoms with Gasteiger partial charge in [-0.05, 0) is 58.7 Å². The van der Waals surface area contributed by atoms with E-state index in [0.29, 0.717) is 12.2 Å². The van der Waals surface area contributed by atoms with Crippen molar-refractivity contribution in [2.75, 3.05) is 32.7 Å². The van der Waals surface area contributed by atoms with E-state index in [1.165, 1.54) is 38.9 Å². The van der Waals surface area contributed by atoms with E-state index in [2.05, 4.69) is 24.1 Å². The Bertz CT molecular complexity index is 194. The van der Waals surface area contributed by atoms with Crippen LogP contribution >= 0.6 is 0 Å². The maximum atomic E-state index is 5.76. The summed E-state index contributed by atoms with van der Waals surface area (Å²) in [4.78, 5) is 2.58. The van der Waals surface area contributed by atoms with Crippen LogP contribution in [0.15, 0.2) is 0 Å². The van der Waals surface area contributed by atoms with Gasteiger partial charge in [-0.3, -0.25) is 4.90 Å². The highest BCUT2D eigenvalue weighted by atomic mass is 16.5. The lowest BCUT2D eigenvalue weighted by molar-refractivity contribution is -0.0691. The standard InChI is InChI=1S/C13H26N2O/c1-11-9-15(10-12(2)16-11)8-5-13-3-6-14-7-4-13/h11-14H,3-10H2,1-2H3. The number of hydrogen-bond acceptors (Lipinski definition) is 3. The van der Waals surface area contributed by atoms with Crippen LogP contribution in [0.3, 0.4) is 0 Å². The summed E-state index contributed by atoms with van der Waals surface area (Å²) in [7, 11) is 0. The van der Waals surface area contributed by atoms with Crippen molar-refractivity contribution in [2.24, 2.45) is 5.92 Å². The highest BCUT2D eigenvalue weighted by Crippen LogP contribution is 2.18. The van der Waals surface area contributed by atoms with E-state index in [1.54, 1.807) is 0 Å². The zero-order valence-electron chi connectivity index (χ0n) is 10.7. The number of hydrogen-bond donors (Lipinski definition) is 1. The van der Waals surface area contributed by atoms with Crippen molar-refractivity contribution in [3.05, 3.63) is 0 Å². The van der Waals surface area contributed by atoms with Crippen LogP contribution in [0.25, 0.3) is 0 Å². The number of morpholine rings is 1.